The van der Waals surface area contributed by atoms with E-state index in [0.29, 0.717) is 19.1 Å². The van der Waals surface area contributed by atoms with Crippen molar-refractivity contribution in [2.45, 2.75) is 26.4 Å². The summed E-state index contributed by atoms with van der Waals surface area (Å²) in [5.74, 6) is 0.274. The zero-order chi connectivity index (χ0) is 15.0. The maximum Gasteiger partial charge on any atom is 0.191 e. The van der Waals surface area contributed by atoms with E-state index in [9.17, 15) is 4.39 Å². The minimum Gasteiger partial charge on any atom is -0.383 e. The van der Waals surface area contributed by atoms with Crippen molar-refractivity contribution in [2.75, 3.05) is 20.3 Å². The van der Waals surface area contributed by atoms with Crippen LogP contribution in [0, 0.1) is 5.82 Å². The molecular weight excluding hydrogens is 281 g/mol. The van der Waals surface area contributed by atoms with E-state index in [1.54, 1.807) is 19.2 Å². The van der Waals surface area contributed by atoms with Gasteiger partial charge in [-0.05, 0) is 31.5 Å². The largest absolute Gasteiger partial charge is 0.383 e. The SMILES string of the molecule is CCNC(=NCc1ccc(F)c(Cl)c1)NC(C)COC. The van der Waals surface area contributed by atoms with Crippen LogP contribution in [0.4, 0.5) is 4.39 Å². The molecule has 1 rings (SSSR count). The maximum absolute atomic E-state index is 13.1. The number of methoxy groups -OCH3 is 1. The minimum absolute atomic E-state index is 0.114. The molecule has 6 heteroatoms. The molecule has 0 bridgehead atoms. The third kappa shape index (κ3) is 5.75. The standard InChI is InChI=1S/C14H21ClFN3O/c1-4-17-14(19-10(2)9-20-3)18-8-11-5-6-13(16)12(15)7-11/h5-7,10H,4,8-9H2,1-3H3,(H2,17,18,19). The van der Waals surface area contributed by atoms with Crippen molar-refractivity contribution in [2.24, 2.45) is 4.99 Å². The lowest BCUT2D eigenvalue weighted by Crippen LogP contribution is -2.43. The molecule has 1 unspecified atom stereocenters. The van der Waals surface area contributed by atoms with Crippen LogP contribution in [-0.4, -0.2) is 32.3 Å². The molecule has 0 aliphatic heterocycles. The normalized spacial score (nSPS) is 13.2. The summed E-state index contributed by atoms with van der Waals surface area (Å²) in [6.07, 6.45) is 0. The van der Waals surface area contributed by atoms with Crippen molar-refractivity contribution in [3.63, 3.8) is 0 Å². The van der Waals surface area contributed by atoms with Crippen molar-refractivity contribution in [3.05, 3.63) is 34.6 Å². The van der Waals surface area contributed by atoms with Crippen LogP contribution in [0.2, 0.25) is 5.02 Å². The molecule has 4 nitrogen and oxygen atoms in total. The molecule has 1 aromatic rings. The molecule has 20 heavy (non-hydrogen) atoms. The first-order chi connectivity index (χ1) is 9.56. The number of aliphatic imine (C=N–C) groups is 1. The third-order valence-corrected chi connectivity index (χ3v) is 2.84. The van der Waals surface area contributed by atoms with Gasteiger partial charge in [-0.1, -0.05) is 17.7 Å². The monoisotopic (exact) mass is 301 g/mol. The zero-order valence-electron chi connectivity index (χ0n) is 12.0. The van der Waals surface area contributed by atoms with Gasteiger partial charge in [0.2, 0.25) is 0 Å². The Morgan fingerprint density at radius 2 is 2.25 bits per heavy atom. The van der Waals surface area contributed by atoms with Crippen LogP contribution in [0.25, 0.3) is 0 Å². The number of hydrogen-bond donors (Lipinski definition) is 2. The number of rotatable bonds is 6. The highest BCUT2D eigenvalue weighted by atomic mass is 35.5. The fourth-order valence-electron chi connectivity index (χ4n) is 1.65. The van der Waals surface area contributed by atoms with E-state index in [4.69, 9.17) is 16.3 Å². The Bertz CT molecular complexity index is 454. The fraction of sp³-hybridized carbons (Fsp3) is 0.500. The van der Waals surface area contributed by atoms with Gasteiger partial charge in [0.1, 0.15) is 5.82 Å². The summed E-state index contributed by atoms with van der Waals surface area (Å²) in [4.78, 5) is 4.43. The van der Waals surface area contributed by atoms with Gasteiger partial charge in [0.15, 0.2) is 5.96 Å². The van der Waals surface area contributed by atoms with Crippen molar-refractivity contribution in [3.8, 4) is 0 Å². The van der Waals surface area contributed by atoms with Gasteiger partial charge in [0.25, 0.3) is 0 Å². The van der Waals surface area contributed by atoms with E-state index in [1.807, 2.05) is 13.8 Å². The number of halogens is 2. The lowest BCUT2D eigenvalue weighted by Gasteiger charge is -2.17. The Morgan fingerprint density at radius 1 is 1.50 bits per heavy atom. The van der Waals surface area contributed by atoms with Crippen LogP contribution in [0.5, 0.6) is 0 Å². The summed E-state index contributed by atoms with van der Waals surface area (Å²) >= 11 is 5.74. The lowest BCUT2D eigenvalue weighted by atomic mass is 10.2. The molecule has 0 aliphatic rings. The smallest absolute Gasteiger partial charge is 0.191 e. The second-order valence-corrected chi connectivity index (χ2v) is 4.85. The van der Waals surface area contributed by atoms with Crippen LogP contribution in [0.15, 0.2) is 23.2 Å². The number of benzene rings is 1. The molecule has 0 aromatic heterocycles. The van der Waals surface area contributed by atoms with Gasteiger partial charge >= 0.3 is 0 Å². The molecule has 0 saturated carbocycles. The Hall–Kier alpha value is -1.33. The molecule has 112 valence electrons. The first-order valence-corrected chi connectivity index (χ1v) is 6.92. The van der Waals surface area contributed by atoms with Gasteiger partial charge in [0, 0.05) is 19.7 Å². The summed E-state index contributed by atoms with van der Waals surface area (Å²) in [6.45, 7) is 5.77. The molecule has 1 atom stereocenters. The van der Waals surface area contributed by atoms with Crippen molar-refractivity contribution in [1.82, 2.24) is 10.6 Å². The second kappa shape index (κ2) is 8.76. The predicted molar refractivity (Wildman–Crippen MR) is 80.7 cm³/mol. The quantitative estimate of drug-likeness (QED) is 0.627. The number of nitrogens with zero attached hydrogens (tertiary/aromatic N) is 1. The maximum atomic E-state index is 13.1. The molecule has 0 spiro atoms. The van der Waals surface area contributed by atoms with Crippen LogP contribution >= 0.6 is 11.6 Å². The first kappa shape index (κ1) is 16.7. The first-order valence-electron chi connectivity index (χ1n) is 6.54. The highest BCUT2D eigenvalue weighted by molar-refractivity contribution is 6.30. The van der Waals surface area contributed by atoms with Crippen LogP contribution < -0.4 is 10.6 Å². The Balaban J connectivity index is 2.68. The zero-order valence-corrected chi connectivity index (χ0v) is 12.8. The molecule has 0 radical (unpaired) electrons. The Labute approximate surface area is 124 Å². The van der Waals surface area contributed by atoms with E-state index in [-0.39, 0.29) is 11.1 Å². The van der Waals surface area contributed by atoms with E-state index in [1.165, 1.54) is 6.07 Å². The molecular formula is C14H21ClFN3O. The molecule has 0 amide bonds. The topological polar surface area (TPSA) is 45.7 Å². The van der Waals surface area contributed by atoms with Crippen molar-refractivity contribution < 1.29 is 9.13 Å². The van der Waals surface area contributed by atoms with Gasteiger partial charge in [-0.25, -0.2) is 9.38 Å². The van der Waals surface area contributed by atoms with E-state index in [0.717, 1.165) is 12.1 Å². The fourth-order valence-corrected chi connectivity index (χ4v) is 1.86. The lowest BCUT2D eigenvalue weighted by molar-refractivity contribution is 0.179. The van der Waals surface area contributed by atoms with E-state index in [2.05, 4.69) is 15.6 Å². The summed E-state index contributed by atoms with van der Waals surface area (Å²) < 4.78 is 18.1. The Kier molecular flexibility index (Phi) is 7.33. The van der Waals surface area contributed by atoms with Gasteiger partial charge in [-0.3, -0.25) is 0 Å². The van der Waals surface area contributed by atoms with E-state index >= 15 is 0 Å². The average Bonchev–Trinajstić information content (AvgIpc) is 2.40. The van der Waals surface area contributed by atoms with Crippen molar-refractivity contribution >= 4 is 17.6 Å². The number of guanidine groups is 1. The van der Waals surface area contributed by atoms with Gasteiger partial charge in [-0.15, -0.1) is 0 Å². The van der Waals surface area contributed by atoms with Crippen molar-refractivity contribution in [1.29, 1.82) is 0 Å². The molecule has 0 saturated heterocycles. The highest BCUT2D eigenvalue weighted by Gasteiger charge is 2.05. The highest BCUT2D eigenvalue weighted by Crippen LogP contribution is 2.16. The molecule has 0 aliphatic carbocycles. The number of hydrogen-bond acceptors (Lipinski definition) is 2. The molecule has 2 N–H and O–H groups in total. The average molecular weight is 302 g/mol. The third-order valence-electron chi connectivity index (χ3n) is 2.55. The van der Waals surface area contributed by atoms with Gasteiger partial charge in [-0.2, -0.15) is 0 Å². The molecule has 0 fully saturated rings. The molecule has 0 heterocycles. The van der Waals surface area contributed by atoms with Crippen LogP contribution in [0.1, 0.15) is 19.4 Å². The summed E-state index contributed by atoms with van der Waals surface area (Å²) in [5.41, 5.74) is 0.855. The molecule has 1 aromatic carbocycles. The van der Waals surface area contributed by atoms with E-state index < -0.39 is 5.82 Å². The van der Waals surface area contributed by atoms with Gasteiger partial charge in [0.05, 0.1) is 18.2 Å². The van der Waals surface area contributed by atoms with Gasteiger partial charge < -0.3 is 15.4 Å². The summed E-state index contributed by atoms with van der Waals surface area (Å²) in [7, 11) is 1.66. The summed E-state index contributed by atoms with van der Waals surface area (Å²) in [6, 6.07) is 4.76. The number of nitrogens with one attached hydrogen (secondary N) is 2. The Morgan fingerprint density at radius 3 is 2.85 bits per heavy atom. The minimum atomic E-state index is -0.418. The summed E-state index contributed by atoms with van der Waals surface area (Å²) in [5, 5.41) is 6.48. The van der Waals surface area contributed by atoms with Crippen LogP contribution in [-0.2, 0) is 11.3 Å². The van der Waals surface area contributed by atoms with Crippen LogP contribution in [0.3, 0.4) is 0 Å². The number of ether oxygens (including phenoxy) is 1. The second-order valence-electron chi connectivity index (χ2n) is 4.44. The predicted octanol–water partition coefficient (Wildman–Crippen LogP) is 2.57.